The van der Waals surface area contributed by atoms with Crippen LogP contribution in [0.5, 0.6) is 5.75 Å². The number of benzene rings is 3. The number of aliphatic imine (C=N–C) groups is 2. The number of nitrogens with two attached hydrogens (primary N) is 3. The van der Waals surface area contributed by atoms with Crippen molar-refractivity contribution in [1.29, 1.82) is 0 Å². The molecule has 11 N–H and O–H groups in total. The molecule has 0 radical (unpaired) electrons. The fraction of sp³-hybridized carbons (Fsp3) is 0.294. The first kappa shape index (κ1) is 36.5. The summed E-state index contributed by atoms with van der Waals surface area (Å²) in [5.41, 5.74) is 18.7. The molecule has 254 valence electrons. The molecule has 0 saturated heterocycles. The Kier molecular flexibility index (Phi) is 14.9. The highest BCUT2D eigenvalue weighted by Crippen LogP contribution is 2.25. The monoisotopic (exact) mass is 657 g/mol. The Morgan fingerprint density at radius 1 is 0.708 bits per heavy atom. The van der Waals surface area contributed by atoms with Gasteiger partial charge in [0.1, 0.15) is 11.8 Å². The first-order chi connectivity index (χ1) is 23.1. The topological polar surface area (TPSA) is 239 Å². The normalized spacial score (nSPS) is 11.6. The van der Waals surface area contributed by atoms with Gasteiger partial charge < -0.3 is 38.3 Å². The van der Waals surface area contributed by atoms with E-state index >= 15 is 0 Å². The van der Waals surface area contributed by atoms with Gasteiger partial charge >= 0.3 is 0 Å². The molecule has 14 heteroatoms. The highest BCUT2D eigenvalue weighted by Gasteiger charge is 2.27. The van der Waals surface area contributed by atoms with Gasteiger partial charge in [-0.05, 0) is 41.7 Å². The fourth-order valence-electron chi connectivity index (χ4n) is 4.67. The average Bonchev–Trinajstić information content (AvgIpc) is 3.07. The minimum absolute atomic E-state index is 0.0610. The second-order valence-electron chi connectivity index (χ2n) is 10.8. The number of hydrogen-bond acceptors (Lipinski definition) is 7. The van der Waals surface area contributed by atoms with Crippen LogP contribution >= 0.6 is 0 Å². The quantitative estimate of drug-likeness (QED) is 0.0583. The number of nitrogens with zero attached hydrogens (tertiary/aromatic N) is 2. The summed E-state index contributed by atoms with van der Waals surface area (Å²) in [4.78, 5) is 59.2. The third-order valence-electron chi connectivity index (χ3n) is 7.07. The van der Waals surface area contributed by atoms with E-state index < -0.39 is 23.8 Å². The van der Waals surface area contributed by atoms with Gasteiger partial charge in [0.25, 0.3) is 0 Å². The summed E-state index contributed by atoms with van der Waals surface area (Å²) >= 11 is 0. The van der Waals surface area contributed by atoms with Gasteiger partial charge in [0.15, 0.2) is 11.9 Å². The number of hydrogen-bond donors (Lipinski definition) is 8. The minimum Gasteiger partial charge on any atom is -0.508 e. The summed E-state index contributed by atoms with van der Waals surface area (Å²) in [6, 6.07) is 24.2. The average molecular weight is 658 g/mol. The Labute approximate surface area is 279 Å². The summed E-state index contributed by atoms with van der Waals surface area (Å²) in [5.74, 6) is -2.30. The van der Waals surface area contributed by atoms with Crippen LogP contribution in [0.15, 0.2) is 94.9 Å². The fourth-order valence-corrected chi connectivity index (χ4v) is 4.67. The number of carbonyl (C=O) groups is 4. The Hall–Kier alpha value is -5.92. The van der Waals surface area contributed by atoms with Crippen molar-refractivity contribution in [1.82, 2.24) is 21.3 Å². The molecule has 3 aromatic carbocycles. The van der Waals surface area contributed by atoms with Crippen molar-refractivity contribution in [3.8, 4) is 5.75 Å². The lowest BCUT2D eigenvalue weighted by Gasteiger charge is -2.23. The zero-order valence-electron chi connectivity index (χ0n) is 26.6. The maximum atomic E-state index is 13.8. The molecule has 0 fully saturated rings. The summed E-state index contributed by atoms with van der Waals surface area (Å²) in [5, 5.41) is 20.4. The lowest BCUT2D eigenvalue weighted by atomic mass is 9.90. The summed E-state index contributed by atoms with van der Waals surface area (Å²) < 4.78 is 0. The van der Waals surface area contributed by atoms with E-state index in [-0.39, 0.29) is 74.9 Å². The van der Waals surface area contributed by atoms with E-state index in [2.05, 4.69) is 31.3 Å². The Balaban J connectivity index is 1.60. The zero-order valence-corrected chi connectivity index (χ0v) is 26.6. The maximum absolute atomic E-state index is 13.8. The number of phenols is 1. The number of rotatable bonds is 17. The predicted octanol–water partition coefficient (Wildman–Crippen LogP) is 0.706. The van der Waals surface area contributed by atoms with E-state index in [9.17, 15) is 24.3 Å². The molecule has 0 heterocycles. The van der Waals surface area contributed by atoms with E-state index in [1.54, 1.807) is 12.1 Å². The highest BCUT2D eigenvalue weighted by atomic mass is 16.3. The molecule has 0 spiro atoms. The molecule has 0 aliphatic heterocycles. The zero-order chi connectivity index (χ0) is 34.7. The molecule has 0 bridgehead atoms. The van der Waals surface area contributed by atoms with Crippen molar-refractivity contribution in [2.45, 2.75) is 44.2 Å². The molecule has 3 rings (SSSR count). The number of carbonyl (C=O) groups excluding carboxylic acids is 4. The van der Waals surface area contributed by atoms with Crippen molar-refractivity contribution in [3.63, 3.8) is 0 Å². The number of nitrogens with one attached hydrogen (secondary N) is 4. The molecular weight excluding hydrogens is 614 g/mol. The number of phenolic OH excluding ortho intramolecular Hbond substituents is 1. The van der Waals surface area contributed by atoms with Gasteiger partial charge in [-0.3, -0.25) is 34.5 Å². The Bertz CT molecular complexity index is 1500. The van der Waals surface area contributed by atoms with Crippen LogP contribution in [0.3, 0.4) is 0 Å². The second kappa shape index (κ2) is 19.6. The lowest BCUT2D eigenvalue weighted by Crippen LogP contribution is -2.48. The molecule has 3 aromatic rings. The summed E-state index contributed by atoms with van der Waals surface area (Å²) in [6.07, 6.45) is 0.417. The van der Waals surface area contributed by atoms with E-state index in [0.717, 1.165) is 16.7 Å². The molecule has 1 atom stereocenters. The van der Waals surface area contributed by atoms with Crippen molar-refractivity contribution >= 4 is 35.5 Å². The minimum atomic E-state index is -0.902. The highest BCUT2D eigenvalue weighted by molar-refractivity contribution is 5.97. The summed E-state index contributed by atoms with van der Waals surface area (Å²) in [7, 11) is 0. The molecule has 4 amide bonds. The maximum Gasteiger partial charge on any atom is 0.242 e. The summed E-state index contributed by atoms with van der Waals surface area (Å²) in [6.45, 7) is 0.816. The molecule has 0 aliphatic carbocycles. The first-order valence-electron chi connectivity index (χ1n) is 15.5. The van der Waals surface area contributed by atoms with E-state index in [0.29, 0.717) is 6.42 Å². The first-order valence-corrected chi connectivity index (χ1v) is 15.5. The van der Waals surface area contributed by atoms with Crippen LogP contribution in [0.2, 0.25) is 0 Å². The van der Waals surface area contributed by atoms with Crippen molar-refractivity contribution < 1.29 is 24.3 Å². The molecule has 0 aromatic heterocycles. The number of guanidine groups is 2. The van der Waals surface area contributed by atoms with Gasteiger partial charge in [0.05, 0.1) is 12.5 Å². The number of aromatic hydroxyl groups is 1. The van der Waals surface area contributed by atoms with Crippen molar-refractivity contribution in [2.24, 2.45) is 27.2 Å². The van der Waals surface area contributed by atoms with Crippen LogP contribution < -0.4 is 38.5 Å². The Morgan fingerprint density at radius 3 is 1.92 bits per heavy atom. The molecule has 0 aliphatic rings. The van der Waals surface area contributed by atoms with Crippen molar-refractivity contribution in [3.05, 3.63) is 102 Å². The van der Waals surface area contributed by atoms with E-state index in [1.165, 1.54) is 12.1 Å². The van der Waals surface area contributed by atoms with Gasteiger partial charge in [-0.1, -0.05) is 72.8 Å². The molecule has 0 unspecified atom stereocenters. The van der Waals surface area contributed by atoms with Crippen molar-refractivity contribution in [2.75, 3.05) is 19.6 Å². The molecule has 48 heavy (non-hydrogen) atoms. The molecular formula is C34H43N9O5. The standard InChI is InChI=1S/C34H43N9O5/c35-33(36)39-21-20-38-28(45)17-18-29(46)43-34(37)40-19-7-12-27(31(47)41-22-23-13-15-26(44)16-14-23)42-32(48)30(24-8-3-1-4-9-24)25-10-5-2-6-11-25/h1-6,8-11,13-16,27,30,44H,7,12,17-22H2,(H,38,45)(H,41,47)(H,42,48)(H4,35,36,39)(H3,37,40,43,46)/t27-/m1/s1. The van der Waals surface area contributed by atoms with Crippen LogP contribution in [0, 0.1) is 0 Å². The van der Waals surface area contributed by atoms with Gasteiger partial charge in [-0.25, -0.2) is 0 Å². The molecule has 14 nitrogen and oxygen atoms in total. The Morgan fingerprint density at radius 2 is 1.31 bits per heavy atom. The third kappa shape index (κ3) is 13.2. The van der Waals surface area contributed by atoms with Gasteiger partial charge in [0, 0.05) is 32.5 Å². The van der Waals surface area contributed by atoms with Crippen LogP contribution in [0.4, 0.5) is 0 Å². The van der Waals surface area contributed by atoms with Crippen LogP contribution in [0.25, 0.3) is 0 Å². The van der Waals surface area contributed by atoms with Crippen LogP contribution in [0.1, 0.15) is 48.3 Å². The van der Waals surface area contributed by atoms with E-state index in [4.69, 9.17) is 17.2 Å². The predicted molar refractivity (Wildman–Crippen MR) is 183 cm³/mol. The SMILES string of the molecule is NC(N)=NCCNC(=O)CCC(=O)NC(N)=NCCC[C@@H](NC(=O)C(c1ccccc1)c1ccccc1)C(=O)NCc1ccc(O)cc1. The van der Waals surface area contributed by atoms with Crippen LogP contribution in [-0.4, -0.2) is 66.3 Å². The lowest BCUT2D eigenvalue weighted by molar-refractivity contribution is -0.129. The number of amides is 4. The molecule has 0 saturated carbocycles. The van der Waals surface area contributed by atoms with Crippen LogP contribution in [-0.2, 0) is 25.7 Å². The van der Waals surface area contributed by atoms with Gasteiger partial charge in [0.2, 0.25) is 23.6 Å². The van der Waals surface area contributed by atoms with E-state index in [1.807, 2.05) is 60.7 Å². The second-order valence-corrected chi connectivity index (χ2v) is 10.8. The van der Waals surface area contributed by atoms with Gasteiger partial charge in [-0.2, -0.15) is 0 Å². The third-order valence-corrected chi connectivity index (χ3v) is 7.07. The largest absolute Gasteiger partial charge is 0.508 e. The smallest absolute Gasteiger partial charge is 0.242 e. The van der Waals surface area contributed by atoms with Gasteiger partial charge in [-0.15, -0.1) is 0 Å².